The topological polar surface area (TPSA) is 37.8 Å². The average Bonchev–Trinajstić information content (AvgIpc) is 2.30. The lowest BCUT2D eigenvalue weighted by molar-refractivity contribution is 1.10. The summed E-state index contributed by atoms with van der Waals surface area (Å²) in [5.74, 6) is 1.06. The molecule has 0 aliphatic rings. The molecule has 0 atom stereocenters. The zero-order valence-electron chi connectivity index (χ0n) is 8.94. The Hall–Kier alpha value is -1.61. The van der Waals surface area contributed by atoms with Gasteiger partial charge in [0.05, 0.1) is 0 Å². The predicted molar refractivity (Wildman–Crippen MR) is 66.1 cm³/mol. The molecule has 2 rings (SSSR count). The van der Waals surface area contributed by atoms with Crippen LogP contribution in [0.2, 0.25) is 0 Å². The molecule has 0 aliphatic carbocycles. The third-order valence-electron chi connectivity index (χ3n) is 2.20. The van der Waals surface area contributed by atoms with E-state index in [4.69, 9.17) is 11.6 Å². The maximum absolute atomic E-state index is 5.85. The number of anilines is 2. The van der Waals surface area contributed by atoms with Gasteiger partial charge in [-0.1, -0.05) is 18.2 Å². The summed E-state index contributed by atoms with van der Waals surface area (Å²) >= 11 is 5.85. The molecule has 3 nitrogen and oxygen atoms in total. The minimum Gasteiger partial charge on any atom is -0.324 e. The van der Waals surface area contributed by atoms with E-state index >= 15 is 0 Å². The van der Waals surface area contributed by atoms with Gasteiger partial charge >= 0.3 is 0 Å². The highest BCUT2D eigenvalue weighted by Crippen LogP contribution is 2.19. The van der Waals surface area contributed by atoms with Gasteiger partial charge in [0, 0.05) is 23.5 Å². The smallest absolute Gasteiger partial charge is 0.227 e. The second kappa shape index (κ2) is 4.94. The molecular weight excluding hydrogens is 222 g/mol. The van der Waals surface area contributed by atoms with Crippen molar-refractivity contribution in [3.05, 3.63) is 47.8 Å². The van der Waals surface area contributed by atoms with E-state index in [1.807, 2.05) is 37.3 Å². The minimum absolute atomic E-state index is 0.467. The van der Waals surface area contributed by atoms with Gasteiger partial charge in [-0.2, -0.15) is 0 Å². The van der Waals surface area contributed by atoms with Gasteiger partial charge in [-0.25, -0.2) is 9.97 Å². The number of hydrogen-bond acceptors (Lipinski definition) is 3. The number of rotatable bonds is 3. The molecule has 4 heteroatoms. The molecular formula is C12H12ClN3. The van der Waals surface area contributed by atoms with Crippen LogP contribution in [0.3, 0.4) is 0 Å². The average molecular weight is 234 g/mol. The SMILES string of the molecule is Cc1ccnc(Nc2ccccc2CCl)n1. The Balaban J connectivity index is 2.26. The van der Waals surface area contributed by atoms with Crippen molar-refractivity contribution in [2.24, 2.45) is 0 Å². The van der Waals surface area contributed by atoms with Crippen LogP contribution in [0.1, 0.15) is 11.3 Å². The van der Waals surface area contributed by atoms with E-state index in [2.05, 4.69) is 15.3 Å². The number of alkyl halides is 1. The largest absolute Gasteiger partial charge is 0.324 e. The minimum atomic E-state index is 0.467. The molecule has 1 aromatic heterocycles. The summed E-state index contributed by atoms with van der Waals surface area (Å²) < 4.78 is 0. The van der Waals surface area contributed by atoms with Gasteiger partial charge in [-0.3, -0.25) is 0 Å². The maximum atomic E-state index is 5.85. The molecule has 0 amide bonds. The lowest BCUT2D eigenvalue weighted by Crippen LogP contribution is -1.99. The predicted octanol–water partition coefficient (Wildman–Crippen LogP) is 3.27. The molecule has 0 fully saturated rings. The van der Waals surface area contributed by atoms with Crippen molar-refractivity contribution in [2.45, 2.75) is 12.8 Å². The monoisotopic (exact) mass is 233 g/mol. The van der Waals surface area contributed by atoms with Crippen LogP contribution < -0.4 is 5.32 Å². The van der Waals surface area contributed by atoms with E-state index in [1.165, 1.54) is 0 Å². The van der Waals surface area contributed by atoms with Crippen LogP contribution in [0, 0.1) is 6.92 Å². The summed E-state index contributed by atoms with van der Waals surface area (Å²) in [7, 11) is 0. The van der Waals surface area contributed by atoms with E-state index in [9.17, 15) is 0 Å². The lowest BCUT2D eigenvalue weighted by Gasteiger charge is -2.08. The van der Waals surface area contributed by atoms with E-state index in [-0.39, 0.29) is 0 Å². The third-order valence-corrected chi connectivity index (χ3v) is 2.49. The summed E-state index contributed by atoms with van der Waals surface area (Å²) in [5.41, 5.74) is 2.92. The van der Waals surface area contributed by atoms with Crippen LogP contribution >= 0.6 is 11.6 Å². The lowest BCUT2D eigenvalue weighted by atomic mass is 10.2. The molecule has 1 aromatic carbocycles. The highest BCUT2D eigenvalue weighted by Gasteiger charge is 2.02. The van der Waals surface area contributed by atoms with Crippen LogP contribution in [-0.2, 0) is 5.88 Å². The third kappa shape index (κ3) is 2.49. The van der Waals surface area contributed by atoms with Crippen LogP contribution in [0.15, 0.2) is 36.5 Å². The first-order valence-corrected chi connectivity index (χ1v) is 5.53. The van der Waals surface area contributed by atoms with Crippen LogP contribution in [0.5, 0.6) is 0 Å². The van der Waals surface area contributed by atoms with Crippen molar-refractivity contribution in [1.82, 2.24) is 9.97 Å². The summed E-state index contributed by atoms with van der Waals surface area (Å²) in [4.78, 5) is 8.42. The number of aromatic nitrogens is 2. The number of nitrogens with one attached hydrogen (secondary N) is 1. The number of benzene rings is 1. The number of nitrogens with zero attached hydrogens (tertiary/aromatic N) is 2. The van der Waals surface area contributed by atoms with Crippen LogP contribution in [-0.4, -0.2) is 9.97 Å². The summed E-state index contributed by atoms with van der Waals surface area (Å²) in [5, 5.41) is 3.16. The zero-order valence-corrected chi connectivity index (χ0v) is 9.70. The standard InChI is InChI=1S/C12H12ClN3/c1-9-6-7-14-12(15-9)16-11-5-3-2-4-10(11)8-13/h2-7H,8H2,1H3,(H,14,15,16). The molecule has 0 bridgehead atoms. The maximum Gasteiger partial charge on any atom is 0.227 e. The molecule has 2 aromatic rings. The normalized spacial score (nSPS) is 10.1. The van der Waals surface area contributed by atoms with Gasteiger partial charge in [0.25, 0.3) is 0 Å². The number of aryl methyl sites for hydroxylation is 1. The fraction of sp³-hybridized carbons (Fsp3) is 0.167. The Morgan fingerprint density at radius 3 is 2.81 bits per heavy atom. The highest BCUT2D eigenvalue weighted by atomic mass is 35.5. The molecule has 0 radical (unpaired) electrons. The van der Waals surface area contributed by atoms with Crippen LogP contribution in [0.4, 0.5) is 11.6 Å². The Kier molecular flexibility index (Phi) is 3.37. The fourth-order valence-corrected chi connectivity index (χ4v) is 1.62. The molecule has 0 saturated carbocycles. The highest BCUT2D eigenvalue weighted by molar-refractivity contribution is 6.17. The second-order valence-electron chi connectivity index (χ2n) is 3.44. The van der Waals surface area contributed by atoms with E-state index < -0.39 is 0 Å². The number of halogens is 1. The first kappa shape index (κ1) is 10.9. The van der Waals surface area contributed by atoms with Crippen molar-refractivity contribution in [3.63, 3.8) is 0 Å². The molecule has 0 unspecified atom stereocenters. The zero-order chi connectivity index (χ0) is 11.4. The second-order valence-corrected chi connectivity index (χ2v) is 3.70. The Morgan fingerprint density at radius 1 is 1.25 bits per heavy atom. The van der Waals surface area contributed by atoms with Crippen LogP contribution in [0.25, 0.3) is 0 Å². The Morgan fingerprint density at radius 2 is 2.06 bits per heavy atom. The van der Waals surface area contributed by atoms with Crippen molar-refractivity contribution < 1.29 is 0 Å². The van der Waals surface area contributed by atoms with E-state index in [0.717, 1.165) is 16.9 Å². The number of para-hydroxylation sites is 1. The van der Waals surface area contributed by atoms with Gasteiger partial charge in [0.1, 0.15) is 0 Å². The van der Waals surface area contributed by atoms with E-state index in [0.29, 0.717) is 11.8 Å². The first-order valence-electron chi connectivity index (χ1n) is 5.00. The summed E-state index contributed by atoms with van der Waals surface area (Å²) in [6.45, 7) is 1.93. The van der Waals surface area contributed by atoms with Gasteiger partial charge in [0.15, 0.2) is 0 Å². The van der Waals surface area contributed by atoms with Gasteiger partial charge in [-0.05, 0) is 24.6 Å². The molecule has 82 valence electrons. The van der Waals surface area contributed by atoms with Gasteiger partial charge in [0.2, 0.25) is 5.95 Å². The fourth-order valence-electron chi connectivity index (χ4n) is 1.39. The summed E-state index contributed by atoms with van der Waals surface area (Å²) in [6.07, 6.45) is 1.73. The van der Waals surface area contributed by atoms with Gasteiger partial charge < -0.3 is 5.32 Å². The van der Waals surface area contributed by atoms with Crippen molar-refractivity contribution >= 4 is 23.2 Å². The molecule has 1 N–H and O–H groups in total. The van der Waals surface area contributed by atoms with Crippen molar-refractivity contribution in [2.75, 3.05) is 5.32 Å². The molecule has 1 heterocycles. The first-order chi connectivity index (χ1) is 7.79. The number of hydrogen-bond donors (Lipinski definition) is 1. The Bertz CT molecular complexity index is 485. The van der Waals surface area contributed by atoms with Crippen molar-refractivity contribution in [3.8, 4) is 0 Å². The quantitative estimate of drug-likeness (QED) is 0.827. The van der Waals surface area contributed by atoms with Gasteiger partial charge in [-0.15, -0.1) is 11.6 Å². The summed E-state index contributed by atoms with van der Waals surface area (Å²) in [6, 6.07) is 9.71. The molecule has 0 saturated heterocycles. The van der Waals surface area contributed by atoms with E-state index in [1.54, 1.807) is 6.20 Å². The molecule has 0 spiro atoms. The Labute approximate surface area is 99.5 Å². The van der Waals surface area contributed by atoms with Crippen molar-refractivity contribution in [1.29, 1.82) is 0 Å². The molecule has 0 aliphatic heterocycles. The molecule has 16 heavy (non-hydrogen) atoms.